The molecule has 0 radical (unpaired) electrons. The van der Waals surface area contributed by atoms with Crippen LogP contribution in [0, 0.1) is 13.8 Å². The summed E-state index contributed by atoms with van der Waals surface area (Å²) in [6.45, 7) is 4.56. The third kappa shape index (κ3) is 1.86. The van der Waals surface area contributed by atoms with E-state index >= 15 is 0 Å². The predicted molar refractivity (Wildman–Crippen MR) is 58.1 cm³/mol. The highest BCUT2D eigenvalue weighted by molar-refractivity contribution is 9.10. The molecule has 0 amide bonds. The fourth-order valence-electron chi connectivity index (χ4n) is 1.45. The molecule has 1 aromatic rings. The van der Waals surface area contributed by atoms with Crippen LogP contribution in [0.5, 0.6) is 5.75 Å². The Morgan fingerprint density at radius 3 is 2.54 bits per heavy atom. The van der Waals surface area contributed by atoms with E-state index in [1.165, 1.54) is 0 Å². The number of hydrogen-bond acceptors (Lipinski definition) is 2. The fraction of sp³-hybridized carbons (Fsp3) is 0.400. The number of aryl methyl sites for hydroxylation is 1. The van der Waals surface area contributed by atoms with Crippen LogP contribution in [0.2, 0.25) is 0 Å². The minimum Gasteiger partial charge on any atom is -0.496 e. The van der Waals surface area contributed by atoms with Gasteiger partial charge in [0.05, 0.1) is 7.11 Å². The molecular formula is C10H14BrNO. The molecule has 1 rings (SSSR count). The maximum atomic E-state index is 5.66. The summed E-state index contributed by atoms with van der Waals surface area (Å²) < 4.78 is 6.39. The highest BCUT2D eigenvalue weighted by atomic mass is 79.9. The zero-order chi connectivity index (χ0) is 10.0. The second-order valence-electron chi connectivity index (χ2n) is 3.02. The zero-order valence-electron chi connectivity index (χ0n) is 8.15. The molecule has 0 aliphatic rings. The molecule has 0 aliphatic carbocycles. The summed E-state index contributed by atoms with van der Waals surface area (Å²) in [6.07, 6.45) is 0. The smallest absolute Gasteiger partial charge is 0.126 e. The summed E-state index contributed by atoms with van der Waals surface area (Å²) in [5.74, 6) is 0.906. The Labute approximate surface area is 87.2 Å². The second kappa shape index (κ2) is 4.11. The second-order valence-corrected chi connectivity index (χ2v) is 3.87. The number of benzene rings is 1. The molecule has 72 valence electrons. The largest absolute Gasteiger partial charge is 0.496 e. The van der Waals surface area contributed by atoms with Crippen molar-refractivity contribution in [1.82, 2.24) is 0 Å². The SMILES string of the molecule is COc1c(C)cc(Br)c(C)c1CN. The van der Waals surface area contributed by atoms with E-state index in [0.29, 0.717) is 6.54 Å². The van der Waals surface area contributed by atoms with Crippen molar-refractivity contribution in [3.05, 3.63) is 27.2 Å². The molecule has 0 bridgehead atoms. The van der Waals surface area contributed by atoms with Crippen molar-refractivity contribution in [1.29, 1.82) is 0 Å². The van der Waals surface area contributed by atoms with Gasteiger partial charge in [-0.25, -0.2) is 0 Å². The lowest BCUT2D eigenvalue weighted by atomic mass is 10.0. The van der Waals surface area contributed by atoms with Crippen LogP contribution in [-0.4, -0.2) is 7.11 Å². The summed E-state index contributed by atoms with van der Waals surface area (Å²) in [6, 6.07) is 2.05. The first-order valence-corrected chi connectivity index (χ1v) is 4.93. The van der Waals surface area contributed by atoms with Crippen LogP contribution in [-0.2, 0) is 6.54 Å². The molecule has 3 heteroatoms. The van der Waals surface area contributed by atoms with Gasteiger partial charge in [-0.2, -0.15) is 0 Å². The third-order valence-electron chi connectivity index (χ3n) is 2.19. The van der Waals surface area contributed by atoms with E-state index < -0.39 is 0 Å². The van der Waals surface area contributed by atoms with Crippen molar-refractivity contribution < 1.29 is 4.74 Å². The Balaban J connectivity index is 3.41. The summed E-state index contributed by atoms with van der Waals surface area (Å²) in [4.78, 5) is 0. The molecule has 2 nitrogen and oxygen atoms in total. The Bertz CT molecular complexity index is 323. The van der Waals surface area contributed by atoms with Crippen molar-refractivity contribution in [3.8, 4) is 5.75 Å². The first-order chi connectivity index (χ1) is 6.11. The topological polar surface area (TPSA) is 35.2 Å². The van der Waals surface area contributed by atoms with E-state index in [2.05, 4.69) is 15.9 Å². The number of halogens is 1. The lowest BCUT2D eigenvalue weighted by molar-refractivity contribution is 0.406. The van der Waals surface area contributed by atoms with E-state index in [4.69, 9.17) is 10.5 Å². The Morgan fingerprint density at radius 2 is 2.08 bits per heavy atom. The van der Waals surface area contributed by atoms with Crippen molar-refractivity contribution in [2.45, 2.75) is 20.4 Å². The minimum absolute atomic E-state index is 0.509. The average Bonchev–Trinajstić information content (AvgIpc) is 2.10. The number of nitrogens with two attached hydrogens (primary N) is 1. The summed E-state index contributed by atoms with van der Waals surface area (Å²) >= 11 is 3.49. The standard InChI is InChI=1S/C10H14BrNO/c1-6-4-9(11)7(2)8(5-12)10(6)13-3/h4H,5,12H2,1-3H3. The summed E-state index contributed by atoms with van der Waals surface area (Å²) in [7, 11) is 1.68. The molecule has 0 unspecified atom stereocenters. The third-order valence-corrected chi connectivity index (χ3v) is 3.02. The van der Waals surface area contributed by atoms with Gasteiger partial charge >= 0.3 is 0 Å². The van der Waals surface area contributed by atoms with Gasteiger partial charge in [0.15, 0.2) is 0 Å². The number of ether oxygens (including phenoxy) is 1. The molecule has 0 aromatic heterocycles. The van der Waals surface area contributed by atoms with E-state index in [9.17, 15) is 0 Å². The highest BCUT2D eigenvalue weighted by Crippen LogP contribution is 2.31. The minimum atomic E-state index is 0.509. The quantitative estimate of drug-likeness (QED) is 0.867. The van der Waals surface area contributed by atoms with Crippen LogP contribution in [0.3, 0.4) is 0 Å². The van der Waals surface area contributed by atoms with Gasteiger partial charge in [-0.3, -0.25) is 0 Å². The van der Waals surface area contributed by atoms with Crippen molar-refractivity contribution >= 4 is 15.9 Å². The number of hydrogen-bond donors (Lipinski definition) is 1. The van der Waals surface area contributed by atoms with Gasteiger partial charge in [0.1, 0.15) is 5.75 Å². The lowest BCUT2D eigenvalue weighted by Crippen LogP contribution is -2.04. The van der Waals surface area contributed by atoms with E-state index in [0.717, 1.165) is 26.9 Å². The van der Waals surface area contributed by atoms with Crippen LogP contribution >= 0.6 is 15.9 Å². The molecule has 0 aliphatic heterocycles. The molecule has 13 heavy (non-hydrogen) atoms. The van der Waals surface area contributed by atoms with Gasteiger partial charge in [0, 0.05) is 16.6 Å². The van der Waals surface area contributed by atoms with Gasteiger partial charge < -0.3 is 10.5 Å². The van der Waals surface area contributed by atoms with Crippen LogP contribution in [0.25, 0.3) is 0 Å². The van der Waals surface area contributed by atoms with Crippen molar-refractivity contribution in [2.24, 2.45) is 5.73 Å². The normalized spacial score (nSPS) is 10.2. The van der Waals surface area contributed by atoms with Gasteiger partial charge in [-0.05, 0) is 31.0 Å². The van der Waals surface area contributed by atoms with Gasteiger partial charge in [0.25, 0.3) is 0 Å². The van der Waals surface area contributed by atoms with E-state index in [-0.39, 0.29) is 0 Å². The number of rotatable bonds is 2. The lowest BCUT2D eigenvalue weighted by Gasteiger charge is -2.14. The van der Waals surface area contributed by atoms with Gasteiger partial charge in [-0.15, -0.1) is 0 Å². The highest BCUT2D eigenvalue weighted by Gasteiger charge is 2.10. The summed E-state index contributed by atoms with van der Waals surface area (Å²) in [5.41, 5.74) is 9.01. The van der Waals surface area contributed by atoms with Gasteiger partial charge in [-0.1, -0.05) is 15.9 Å². The Morgan fingerprint density at radius 1 is 1.46 bits per heavy atom. The molecule has 0 saturated carbocycles. The Kier molecular flexibility index (Phi) is 3.33. The molecule has 0 atom stereocenters. The molecule has 0 saturated heterocycles. The maximum absolute atomic E-state index is 5.66. The van der Waals surface area contributed by atoms with Crippen molar-refractivity contribution in [2.75, 3.05) is 7.11 Å². The van der Waals surface area contributed by atoms with Crippen LogP contribution in [0.4, 0.5) is 0 Å². The number of methoxy groups -OCH3 is 1. The summed E-state index contributed by atoms with van der Waals surface area (Å²) in [5, 5.41) is 0. The molecule has 2 N–H and O–H groups in total. The van der Waals surface area contributed by atoms with Crippen LogP contribution < -0.4 is 10.5 Å². The zero-order valence-corrected chi connectivity index (χ0v) is 9.73. The van der Waals surface area contributed by atoms with Crippen LogP contribution in [0.15, 0.2) is 10.5 Å². The molecule has 0 heterocycles. The first kappa shape index (κ1) is 10.5. The molecule has 0 spiro atoms. The van der Waals surface area contributed by atoms with Crippen molar-refractivity contribution in [3.63, 3.8) is 0 Å². The Hall–Kier alpha value is -0.540. The fourth-order valence-corrected chi connectivity index (χ4v) is 2.03. The monoisotopic (exact) mass is 243 g/mol. The first-order valence-electron chi connectivity index (χ1n) is 4.14. The van der Waals surface area contributed by atoms with Crippen LogP contribution in [0.1, 0.15) is 16.7 Å². The predicted octanol–water partition coefficient (Wildman–Crippen LogP) is 2.53. The maximum Gasteiger partial charge on any atom is 0.126 e. The van der Waals surface area contributed by atoms with E-state index in [1.807, 2.05) is 19.9 Å². The van der Waals surface area contributed by atoms with Gasteiger partial charge in [0.2, 0.25) is 0 Å². The molecule has 0 fully saturated rings. The molecule has 1 aromatic carbocycles. The van der Waals surface area contributed by atoms with E-state index in [1.54, 1.807) is 7.11 Å². The molecular weight excluding hydrogens is 230 g/mol. The average molecular weight is 244 g/mol.